The lowest BCUT2D eigenvalue weighted by atomic mass is 9.90. The van der Waals surface area contributed by atoms with Gasteiger partial charge < -0.3 is 14.5 Å². The maximum atomic E-state index is 12.0. The van der Waals surface area contributed by atoms with Crippen LogP contribution in [0.3, 0.4) is 0 Å². The molecule has 120 valence electrons. The fourth-order valence-corrected chi connectivity index (χ4v) is 3.40. The fraction of sp³-hybridized carbons (Fsp3) is 0.688. The zero-order valence-electron chi connectivity index (χ0n) is 13.3. The minimum atomic E-state index is -0.240. The number of likely N-dealkylation sites (N-methyl/N-ethyl adjacent to an activating group) is 1. The highest BCUT2D eigenvalue weighted by Gasteiger charge is 2.37. The van der Waals surface area contributed by atoms with Crippen LogP contribution >= 0.6 is 0 Å². The Hall–Kier alpha value is -1.69. The van der Waals surface area contributed by atoms with Crippen molar-refractivity contribution in [2.24, 2.45) is 5.92 Å². The molecule has 0 saturated carbocycles. The lowest BCUT2D eigenvalue weighted by Gasteiger charge is -2.34. The molecule has 2 fully saturated rings. The zero-order valence-corrected chi connectivity index (χ0v) is 13.3. The van der Waals surface area contributed by atoms with Gasteiger partial charge in [0.25, 0.3) is 5.91 Å². The third-order valence-corrected chi connectivity index (χ3v) is 4.67. The summed E-state index contributed by atoms with van der Waals surface area (Å²) in [5.74, 6) is 1.45. The second-order valence-electron chi connectivity index (χ2n) is 6.35. The Kier molecular flexibility index (Phi) is 4.57. The molecular formula is C16H24N4O2. The van der Waals surface area contributed by atoms with Crippen LogP contribution in [0.4, 0.5) is 5.95 Å². The van der Waals surface area contributed by atoms with Crippen molar-refractivity contribution in [2.75, 3.05) is 32.1 Å². The van der Waals surface area contributed by atoms with Gasteiger partial charge in [0, 0.05) is 39.6 Å². The number of carbonyl (C=O) groups is 1. The monoisotopic (exact) mass is 304 g/mol. The van der Waals surface area contributed by atoms with Gasteiger partial charge >= 0.3 is 0 Å². The molecule has 0 aromatic carbocycles. The highest BCUT2D eigenvalue weighted by atomic mass is 16.5. The first-order valence-corrected chi connectivity index (χ1v) is 8.03. The number of hydrogen-bond acceptors (Lipinski definition) is 5. The number of amides is 1. The highest BCUT2D eigenvalue weighted by molar-refractivity contribution is 5.80. The number of piperidine rings is 1. The number of anilines is 1. The van der Waals surface area contributed by atoms with E-state index in [2.05, 4.69) is 14.9 Å². The quantitative estimate of drug-likeness (QED) is 0.843. The van der Waals surface area contributed by atoms with E-state index in [9.17, 15) is 4.79 Å². The smallest absolute Gasteiger partial charge is 0.251 e. The van der Waals surface area contributed by atoms with E-state index >= 15 is 0 Å². The zero-order chi connectivity index (χ0) is 15.5. The van der Waals surface area contributed by atoms with E-state index in [0.717, 1.165) is 44.7 Å². The van der Waals surface area contributed by atoms with Crippen molar-refractivity contribution >= 4 is 11.9 Å². The third-order valence-electron chi connectivity index (χ3n) is 4.67. The summed E-state index contributed by atoms with van der Waals surface area (Å²) in [7, 11) is 3.58. The average Bonchev–Trinajstić information content (AvgIpc) is 3.05. The maximum Gasteiger partial charge on any atom is 0.251 e. The molecule has 6 nitrogen and oxygen atoms in total. The van der Waals surface area contributed by atoms with Crippen LogP contribution in [-0.2, 0) is 9.53 Å². The molecule has 2 aliphatic heterocycles. The second-order valence-corrected chi connectivity index (χ2v) is 6.35. The summed E-state index contributed by atoms with van der Waals surface area (Å²) in [4.78, 5) is 24.5. The number of ether oxygens (including phenoxy) is 1. The van der Waals surface area contributed by atoms with Crippen LogP contribution in [0.1, 0.15) is 25.7 Å². The Bertz CT molecular complexity index is 500. The average molecular weight is 304 g/mol. The van der Waals surface area contributed by atoms with Crippen LogP contribution in [0.2, 0.25) is 0 Å². The molecule has 1 aromatic rings. The van der Waals surface area contributed by atoms with Gasteiger partial charge in [-0.05, 0) is 37.7 Å². The lowest BCUT2D eigenvalue weighted by molar-refractivity contribution is -0.141. The van der Waals surface area contributed by atoms with Crippen molar-refractivity contribution in [3.63, 3.8) is 0 Å². The summed E-state index contributed by atoms with van der Waals surface area (Å²) in [5.41, 5.74) is 0. The summed E-state index contributed by atoms with van der Waals surface area (Å²) in [6.07, 6.45) is 7.55. The van der Waals surface area contributed by atoms with Crippen molar-refractivity contribution in [3.05, 3.63) is 18.5 Å². The molecule has 1 amide bonds. The van der Waals surface area contributed by atoms with Crippen LogP contribution in [0.25, 0.3) is 0 Å². The molecular weight excluding hydrogens is 280 g/mol. The molecule has 6 heteroatoms. The predicted molar refractivity (Wildman–Crippen MR) is 83.6 cm³/mol. The highest BCUT2D eigenvalue weighted by Crippen LogP contribution is 2.32. The van der Waals surface area contributed by atoms with E-state index in [1.165, 1.54) is 0 Å². The molecule has 2 atom stereocenters. The molecule has 2 aliphatic rings. The van der Waals surface area contributed by atoms with Crippen LogP contribution in [0, 0.1) is 5.92 Å². The Labute approximate surface area is 131 Å². The number of aromatic nitrogens is 2. The number of hydrogen-bond donors (Lipinski definition) is 0. The Morgan fingerprint density at radius 1 is 1.18 bits per heavy atom. The largest absolute Gasteiger partial charge is 0.365 e. The van der Waals surface area contributed by atoms with E-state index < -0.39 is 0 Å². The van der Waals surface area contributed by atoms with E-state index in [4.69, 9.17) is 4.74 Å². The summed E-state index contributed by atoms with van der Waals surface area (Å²) < 4.78 is 6.02. The van der Waals surface area contributed by atoms with Gasteiger partial charge in [-0.15, -0.1) is 0 Å². The first-order chi connectivity index (χ1) is 10.6. The molecule has 0 N–H and O–H groups in total. The van der Waals surface area contributed by atoms with Gasteiger partial charge in [-0.3, -0.25) is 4.79 Å². The van der Waals surface area contributed by atoms with Crippen LogP contribution in [-0.4, -0.2) is 60.2 Å². The van der Waals surface area contributed by atoms with E-state index in [-0.39, 0.29) is 18.1 Å². The molecule has 3 rings (SSSR count). The molecule has 1 aromatic heterocycles. The summed E-state index contributed by atoms with van der Waals surface area (Å²) >= 11 is 0. The first-order valence-electron chi connectivity index (χ1n) is 8.03. The fourth-order valence-electron chi connectivity index (χ4n) is 3.40. The first kappa shape index (κ1) is 15.2. The van der Waals surface area contributed by atoms with Gasteiger partial charge in [-0.2, -0.15) is 0 Å². The van der Waals surface area contributed by atoms with Crippen molar-refractivity contribution < 1.29 is 9.53 Å². The predicted octanol–water partition coefficient (Wildman–Crippen LogP) is 1.33. The van der Waals surface area contributed by atoms with Gasteiger partial charge in [0.15, 0.2) is 0 Å². The number of nitrogens with zero attached hydrogens (tertiary/aromatic N) is 4. The third kappa shape index (κ3) is 3.21. The van der Waals surface area contributed by atoms with Gasteiger partial charge in [-0.1, -0.05) is 0 Å². The van der Waals surface area contributed by atoms with Crippen LogP contribution < -0.4 is 4.90 Å². The van der Waals surface area contributed by atoms with Crippen molar-refractivity contribution in [1.29, 1.82) is 0 Å². The van der Waals surface area contributed by atoms with Gasteiger partial charge in [0.05, 0.1) is 6.10 Å². The molecule has 0 aliphatic carbocycles. The van der Waals surface area contributed by atoms with Gasteiger partial charge in [-0.25, -0.2) is 9.97 Å². The SMILES string of the molecule is CN(C)C(=O)[C@H]1CC[C@@H](C2CCN(c3ncccn3)CC2)O1. The van der Waals surface area contributed by atoms with E-state index in [1.807, 2.05) is 6.07 Å². The van der Waals surface area contributed by atoms with E-state index in [0.29, 0.717) is 5.92 Å². The van der Waals surface area contributed by atoms with Crippen LogP contribution in [0.5, 0.6) is 0 Å². The van der Waals surface area contributed by atoms with Crippen molar-refractivity contribution in [2.45, 2.75) is 37.9 Å². The van der Waals surface area contributed by atoms with Gasteiger partial charge in [0.2, 0.25) is 5.95 Å². The standard InChI is InChI=1S/C16H24N4O2/c1-19(2)15(21)14-5-4-13(22-14)12-6-10-20(11-7-12)16-17-8-3-9-18-16/h3,8-9,12-14H,4-7,10-11H2,1-2H3/t13-,14+/m0/s1. The number of rotatable bonds is 3. The number of carbonyl (C=O) groups excluding carboxylic acids is 1. The van der Waals surface area contributed by atoms with Crippen molar-refractivity contribution in [1.82, 2.24) is 14.9 Å². The van der Waals surface area contributed by atoms with E-state index in [1.54, 1.807) is 31.4 Å². The normalized spacial score (nSPS) is 26.2. The summed E-state index contributed by atoms with van der Waals surface area (Å²) in [6, 6.07) is 1.84. The van der Waals surface area contributed by atoms with Gasteiger partial charge in [0.1, 0.15) is 6.10 Å². The van der Waals surface area contributed by atoms with Crippen molar-refractivity contribution in [3.8, 4) is 0 Å². The molecule has 0 radical (unpaired) electrons. The maximum absolute atomic E-state index is 12.0. The molecule has 22 heavy (non-hydrogen) atoms. The Morgan fingerprint density at radius 3 is 2.50 bits per heavy atom. The molecule has 0 bridgehead atoms. The molecule has 3 heterocycles. The minimum absolute atomic E-state index is 0.0950. The lowest BCUT2D eigenvalue weighted by Crippen LogP contribution is -2.39. The molecule has 0 spiro atoms. The Morgan fingerprint density at radius 2 is 1.86 bits per heavy atom. The second kappa shape index (κ2) is 6.60. The Balaban J connectivity index is 1.51. The molecule has 2 saturated heterocycles. The minimum Gasteiger partial charge on any atom is -0.365 e. The summed E-state index contributed by atoms with van der Waals surface area (Å²) in [6.45, 7) is 1.92. The summed E-state index contributed by atoms with van der Waals surface area (Å²) in [5, 5.41) is 0. The molecule has 0 unspecified atom stereocenters. The topological polar surface area (TPSA) is 58.6 Å². The van der Waals surface area contributed by atoms with Crippen LogP contribution in [0.15, 0.2) is 18.5 Å².